The van der Waals surface area contributed by atoms with Gasteiger partial charge in [-0.2, -0.15) is 0 Å². The van der Waals surface area contributed by atoms with Crippen molar-refractivity contribution in [3.05, 3.63) is 29.3 Å². The van der Waals surface area contributed by atoms with Crippen LogP contribution >= 0.6 is 0 Å². The second-order valence-corrected chi connectivity index (χ2v) is 8.02. The molecule has 4 heteroatoms. The van der Waals surface area contributed by atoms with Crippen molar-refractivity contribution in [2.24, 2.45) is 5.92 Å². The number of hydrogen-bond acceptors (Lipinski definition) is 4. The molecule has 0 unspecified atom stereocenters. The van der Waals surface area contributed by atoms with Crippen LogP contribution in [0.2, 0.25) is 0 Å². The highest BCUT2D eigenvalue weighted by molar-refractivity contribution is 5.55. The molecular formula is C24H43N3O. The summed E-state index contributed by atoms with van der Waals surface area (Å²) in [5, 5.41) is 3.28. The zero-order valence-corrected chi connectivity index (χ0v) is 19.1. The number of benzene rings is 1. The number of piperidine rings is 1. The Morgan fingerprint density at radius 1 is 1.11 bits per heavy atom. The minimum atomic E-state index is 0.417. The Morgan fingerprint density at radius 3 is 2.18 bits per heavy atom. The maximum absolute atomic E-state index is 10.0. The molecule has 0 amide bonds. The first kappa shape index (κ1) is 24.6. The fraction of sp³-hybridized carbons (Fsp3) is 0.708. The number of rotatable bonds is 5. The number of aryl methyl sites for hydroxylation is 1. The number of nitrogens with zero attached hydrogens (tertiary/aromatic N) is 2. The second-order valence-electron chi connectivity index (χ2n) is 8.02. The van der Waals surface area contributed by atoms with Gasteiger partial charge in [0.25, 0.3) is 0 Å². The predicted molar refractivity (Wildman–Crippen MR) is 122 cm³/mol. The first-order chi connectivity index (χ1) is 13.5. The monoisotopic (exact) mass is 389 g/mol. The average molecular weight is 390 g/mol. The minimum Gasteiger partial charge on any atom is -0.371 e. The highest BCUT2D eigenvalue weighted by atomic mass is 16.1. The number of carbonyl (C=O) groups excluding carboxylic acids is 1. The average Bonchev–Trinajstić information content (AvgIpc) is 3.25. The van der Waals surface area contributed by atoms with Gasteiger partial charge >= 0.3 is 0 Å². The molecule has 4 nitrogen and oxygen atoms in total. The lowest BCUT2D eigenvalue weighted by molar-refractivity contribution is -0.110. The quantitative estimate of drug-likeness (QED) is 0.744. The lowest BCUT2D eigenvalue weighted by atomic mass is 10.0. The molecule has 1 saturated carbocycles. The summed E-state index contributed by atoms with van der Waals surface area (Å²) >= 11 is 0. The van der Waals surface area contributed by atoms with E-state index in [9.17, 15) is 4.79 Å². The minimum absolute atomic E-state index is 0.417. The van der Waals surface area contributed by atoms with Gasteiger partial charge < -0.3 is 19.9 Å². The Labute approximate surface area is 173 Å². The number of aldehydes is 1. The summed E-state index contributed by atoms with van der Waals surface area (Å²) in [5.41, 5.74) is 4.18. The second kappa shape index (κ2) is 13.7. The first-order valence-electron chi connectivity index (χ1n) is 11.2. The maximum Gasteiger partial charge on any atom is 0.123 e. The largest absolute Gasteiger partial charge is 0.371 e. The van der Waals surface area contributed by atoms with Gasteiger partial charge in [0.15, 0.2) is 0 Å². The zero-order chi connectivity index (χ0) is 20.9. The summed E-state index contributed by atoms with van der Waals surface area (Å²) < 4.78 is 0. The Morgan fingerprint density at radius 2 is 1.71 bits per heavy atom. The zero-order valence-electron chi connectivity index (χ0n) is 19.1. The molecule has 2 fully saturated rings. The molecule has 2 aliphatic rings. The lowest BCUT2D eigenvalue weighted by Gasteiger charge is -2.37. The van der Waals surface area contributed by atoms with E-state index in [1.165, 1.54) is 55.6 Å². The molecule has 1 aliphatic carbocycles. The van der Waals surface area contributed by atoms with Crippen molar-refractivity contribution in [2.75, 3.05) is 39.1 Å². The predicted octanol–water partition coefficient (Wildman–Crippen LogP) is 4.65. The molecule has 1 aromatic rings. The van der Waals surface area contributed by atoms with Gasteiger partial charge in [-0.3, -0.25) is 0 Å². The molecule has 1 aliphatic heterocycles. The molecule has 1 aromatic carbocycles. The van der Waals surface area contributed by atoms with Crippen LogP contribution in [0.3, 0.4) is 0 Å². The van der Waals surface area contributed by atoms with E-state index in [4.69, 9.17) is 0 Å². The summed E-state index contributed by atoms with van der Waals surface area (Å²) in [6.07, 6.45) is 8.44. The van der Waals surface area contributed by atoms with Gasteiger partial charge in [-0.25, -0.2) is 0 Å². The van der Waals surface area contributed by atoms with E-state index in [-0.39, 0.29) is 0 Å². The van der Waals surface area contributed by atoms with E-state index >= 15 is 0 Å². The van der Waals surface area contributed by atoms with Crippen molar-refractivity contribution in [3.63, 3.8) is 0 Å². The normalized spacial score (nSPS) is 17.6. The van der Waals surface area contributed by atoms with E-state index in [2.05, 4.69) is 54.3 Å². The van der Waals surface area contributed by atoms with E-state index in [1.807, 2.05) is 20.9 Å². The van der Waals surface area contributed by atoms with Crippen molar-refractivity contribution in [2.45, 2.75) is 71.9 Å². The molecule has 1 N–H and O–H groups in total. The van der Waals surface area contributed by atoms with Crippen molar-refractivity contribution < 1.29 is 4.79 Å². The van der Waals surface area contributed by atoms with Crippen LogP contribution in [0.15, 0.2) is 18.2 Å². The smallest absolute Gasteiger partial charge is 0.123 e. The topological polar surface area (TPSA) is 35.6 Å². The fourth-order valence-corrected chi connectivity index (χ4v) is 4.07. The van der Waals surface area contributed by atoms with Gasteiger partial charge in [-0.15, -0.1) is 0 Å². The Kier molecular flexibility index (Phi) is 12.1. The van der Waals surface area contributed by atoms with Crippen LogP contribution in [-0.4, -0.2) is 51.5 Å². The summed E-state index contributed by atoms with van der Waals surface area (Å²) in [4.78, 5) is 14.9. The summed E-state index contributed by atoms with van der Waals surface area (Å²) in [6.45, 7) is 9.46. The van der Waals surface area contributed by atoms with Gasteiger partial charge in [0.05, 0.1) is 0 Å². The van der Waals surface area contributed by atoms with Crippen LogP contribution in [0.5, 0.6) is 0 Å². The molecule has 0 radical (unpaired) electrons. The molecule has 160 valence electrons. The third-order valence-electron chi connectivity index (χ3n) is 5.73. The van der Waals surface area contributed by atoms with E-state index in [0.29, 0.717) is 5.92 Å². The van der Waals surface area contributed by atoms with Crippen LogP contribution in [0.4, 0.5) is 5.69 Å². The summed E-state index contributed by atoms with van der Waals surface area (Å²) in [5.74, 6) is 0.417. The Bertz CT molecular complexity index is 545. The molecule has 0 bridgehead atoms. The van der Waals surface area contributed by atoms with Crippen molar-refractivity contribution in [1.29, 1.82) is 0 Å². The highest BCUT2D eigenvalue weighted by Gasteiger charge is 2.22. The van der Waals surface area contributed by atoms with Crippen molar-refractivity contribution in [1.82, 2.24) is 10.2 Å². The van der Waals surface area contributed by atoms with E-state index < -0.39 is 0 Å². The Hall–Kier alpha value is -1.39. The van der Waals surface area contributed by atoms with Crippen molar-refractivity contribution in [3.8, 4) is 0 Å². The third-order valence-corrected chi connectivity index (χ3v) is 5.73. The third kappa shape index (κ3) is 7.92. The standard InChI is InChI=1S/C16H27N3.C6H10O.C2H6/c1-13-5-6-16(14(11-13)12-17-2)19-9-7-15(8-10-19)18(3)4;7-5-6-3-1-2-4-6;1-2/h5-6,11,15,17H,7-10,12H2,1-4H3;5-6H,1-4H2;1-2H3. The van der Waals surface area contributed by atoms with Gasteiger partial charge in [0.2, 0.25) is 0 Å². The molecule has 0 spiro atoms. The first-order valence-corrected chi connectivity index (χ1v) is 11.2. The number of anilines is 1. The molecule has 1 saturated heterocycles. The van der Waals surface area contributed by atoms with Gasteiger partial charge in [-0.05, 0) is 65.4 Å². The molecule has 28 heavy (non-hydrogen) atoms. The highest BCUT2D eigenvalue weighted by Crippen LogP contribution is 2.26. The SMILES string of the molecule is CC.CNCc1cc(C)ccc1N1CCC(N(C)C)CC1.O=CC1CCCC1. The summed E-state index contributed by atoms with van der Waals surface area (Å²) in [6, 6.07) is 7.57. The fourth-order valence-electron chi connectivity index (χ4n) is 4.07. The van der Waals surface area contributed by atoms with Crippen LogP contribution in [-0.2, 0) is 11.3 Å². The number of nitrogens with one attached hydrogen (secondary N) is 1. The van der Waals surface area contributed by atoms with Crippen LogP contribution < -0.4 is 10.2 Å². The molecule has 0 atom stereocenters. The molecule has 0 aromatic heterocycles. The molecule has 3 rings (SSSR count). The van der Waals surface area contributed by atoms with Crippen LogP contribution in [0, 0.1) is 12.8 Å². The van der Waals surface area contributed by atoms with Crippen LogP contribution in [0.25, 0.3) is 0 Å². The number of carbonyl (C=O) groups is 1. The summed E-state index contributed by atoms with van der Waals surface area (Å²) in [7, 11) is 6.40. The van der Waals surface area contributed by atoms with Crippen LogP contribution in [0.1, 0.15) is 63.5 Å². The lowest BCUT2D eigenvalue weighted by Crippen LogP contribution is -2.42. The van der Waals surface area contributed by atoms with Crippen molar-refractivity contribution >= 4 is 12.0 Å². The van der Waals surface area contributed by atoms with Gasteiger partial charge in [0.1, 0.15) is 6.29 Å². The van der Waals surface area contributed by atoms with Gasteiger partial charge in [-0.1, -0.05) is 44.4 Å². The number of hydrogen-bond donors (Lipinski definition) is 1. The molecular weight excluding hydrogens is 346 g/mol. The van der Waals surface area contributed by atoms with E-state index in [1.54, 1.807) is 0 Å². The maximum atomic E-state index is 10.0. The Balaban J connectivity index is 0.000000363. The van der Waals surface area contributed by atoms with E-state index in [0.717, 1.165) is 31.7 Å². The van der Waals surface area contributed by atoms with Gasteiger partial charge in [0, 0.05) is 37.3 Å². The molecule has 1 heterocycles.